The number of rotatable bonds is 2. The molecular formula is C19H16BrFN2O2. The second-order valence-corrected chi connectivity index (χ2v) is 7.02. The van der Waals surface area contributed by atoms with E-state index < -0.39 is 12.1 Å². The van der Waals surface area contributed by atoms with Crippen LogP contribution >= 0.6 is 15.9 Å². The minimum atomic E-state index is -0.528. The number of aromatic amines is 1. The summed E-state index contributed by atoms with van der Waals surface area (Å²) < 4.78 is 20.2. The fourth-order valence-electron chi connectivity index (χ4n) is 3.51. The van der Waals surface area contributed by atoms with Crippen molar-refractivity contribution in [1.29, 1.82) is 0 Å². The molecule has 0 bridgehead atoms. The van der Waals surface area contributed by atoms with E-state index in [0.29, 0.717) is 12.0 Å². The number of carbonyl (C=O) groups excluding carboxylic acids is 1. The highest BCUT2D eigenvalue weighted by Crippen LogP contribution is 2.36. The number of nitrogens with one attached hydrogen (secondary N) is 2. The van der Waals surface area contributed by atoms with E-state index in [9.17, 15) is 9.18 Å². The minimum absolute atomic E-state index is 0.323. The Balaban J connectivity index is 1.91. The monoisotopic (exact) mass is 402 g/mol. The zero-order valence-electron chi connectivity index (χ0n) is 13.5. The summed E-state index contributed by atoms with van der Waals surface area (Å²) in [5.41, 5.74) is 3.36. The standard InChI is InChI=1S/C19H16BrFN2O2/c1-25-19(24)16-9-12-11-4-2-3-5-15(11)22-17(12)18(23-16)13-8-10(20)6-7-14(13)21/h2-8,16,18,22-23H,9H2,1H3. The minimum Gasteiger partial charge on any atom is -0.468 e. The summed E-state index contributed by atoms with van der Waals surface area (Å²) in [6, 6.07) is 11.7. The van der Waals surface area contributed by atoms with Crippen LogP contribution in [0.3, 0.4) is 0 Å². The molecule has 6 heteroatoms. The molecule has 0 radical (unpaired) electrons. The number of benzene rings is 2. The van der Waals surface area contributed by atoms with Gasteiger partial charge in [0.15, 0.2) is 0 Å². The van der Waals surface area contributed by atoms with E-state index in [1.165, 1.54) is 13.2 Å². The van der Waals surface area contributed by atoms with Crippen molar-refractivity contribution < 1.29 is 13.9 Å². The maximum atomic E-state index is 14.5. The van der Waals surface area contributed by atoms with Gasteiger partial charge in [-0.3, -0.25) is 10.1 Å². The Kier molecular flexibility index (Phi) is 4.09. The molecule has 2 N–H and O–H groups in total. The highest BCUT2D eigenvalue weighted by atomic mass is 79.9. The number of esters is 1. The molecular weight excluding hydrogens is 387 g/mol. The summed E-state index contributed by atoms with van der Waals surface area (Å²) in [5.74, 6) is -0.674. The first-order valence-corrected chi connectivity index (χ1v) is 8.76. The summed E-state index contributed by atoms with van der Waals surface area (Å²) in [6.07, 6.45) is 0.498. The molecule has 0 spiro atoms. The maximum Gasteiger partial charge on any atom is 0.323 e. The maximum absolute atomic E-state index is 14.5. The van der Waals surface area contributed by atoms with Crippen LogP contribution in [0.25, 0.3) is 10.9 Å². The molecule has 1 aliphatic heterocycles. The van der Waals surface area contributed by atoms with Crippen molar-refractivity contribution >= 4 is 32.8 Å². The van der Waals surface area contributed by atoms with E-state index in [-0.39, 0.29) is 11.8 Å². The van der Waals surface area contributed by atoms with Crippen molar-refractivity contribution in [1.82, 2.24) is 10.3 Å². The predicted octanol–water partition coefficient (Wildman–Crippen LogP) is 3.85. The third-order valence-electron chi connectivity index (χ3n) is 4.67. The van der Waals surface area contributed by atoms with Crippen LogP contribution in [0.2, 0.25) is 0 Å². The molecule has 0 saturated heterocycles. The Bertz CT molecular complexity index is 969. The Morgan fingerprint density at radius 3 is 2.88 bits per heavy atom. The molecule has 2 unspecified atom stereocenters. The van der Waals surface area contributed by atoms with Crippen LogP contribution in [-0.4, -0.2) is 24.1 Å². The Hall–Kier alpha value is -2.18. The van der Waals surface area contributed by atoms with E-state index in [4.69, 9.17) is 4.74 Å². The largest absolute Gasteiger partial charge is 0.468 e. The van der Waals surface area contributed by atoms with Gasteiger partial charge in [0.05, 0.1) is 13.2 Å². The van der Waals surface area contributed by atoms with Crippen LogP contribution in [0.1, 0.15) is 22.9 Å². The smallest absolute Gasteiger partial charge is 0.323 e. The number of fused-ring (bicyclic) bond motifs is 3. The summed E-state index contributed by atoms with van der Waals surface area (Å²) in [6.45, 7) is 0. The lowest BCUT2D eigenvalue weighted by molar-refractivity contribution is -0.143. The van der Waals surface area contributed by atoms with Crippen LogP contribution in [-0.2, 0) is 16.0 Å². The number of hydrogen-bond acceptors (Lipinski definition) is 3. The van der Waals surface area contributed by atoms with Gasteiger partial charge in [-0.2, -0.15) is 0 Å². The average molecular weight is 403 g/mol. The third-order valence-corrected chi connectivity index (χ3v) is 5.16. The van der Waals surface area contributed by atoms with Crippen molar-refractivity contribution in [2.24, 2.45) is 0 Å². The van der Waals surface area contributed by atoms with Gasteiger partial charge in [-0.1, -0.05) is 34.1 Å². The van der Waals surface area contributed by atoms with Crippen molar-refractivity contribution in [3.8, 4) is 0 Å². The average Bonchev–Trinajstić information content (AvgIpc) is 3.01. The molecule has 0 saturated carbocycles. The summed E-state index contributed by atoms with van der Waals surface area (Å²) in [5, 5.41) is 4.29. The molecule has 25 heavy (non-hydrogen) atoms. The third kappa shape index (κ3) is 2.75. The highest BCUT2D eigenvalue weighted by molar-refractivity contribution is 9.10. The van der Waals surface area contributed by atoms with Crippen LogP contribution < -0.4 is 5.32 Å². The first kappa shape index (κ1) is 16.3. The van der Waals surface area contributed by atoms with Crippen molar-refractivity contribution in [3.63, 3.8) is 0 Å². The van der Waals surface area contributed by atoms with Crippen LogP contribution in [0.15, 0.2) is 46.9 Å². The molecule has 0 amide bonds. The van der Waals surface area contributed by atoms with E-state index in [2.05, 4.69) is 26.2 Å². The van der Waals surface area contributed by atoms with Gasteiger partial charge >= 0.3 is 5.97 Å². The molecule has 2 atom stereocenters. The number of para-hydroxylation sites is 1. The zero-order chi connectivity index (χ0) is 17.6. The van der Waals surface area contributed by atoms with Crippen LogP contribution in [0, 0.1) is 5.82 Å². The molecule has 0 fully saturated rings. The Morgan fingerprint density at radius 1 is 1.28 bits per heavy atom. The Labute approximate surface area is 152 Å². The van der Waals surface area contributed by atoms with Gasteiger partial charge in [0.2, 0.25) is 0 Å². The van der Waals surface area contributed by atoms with E-state index >= 15 is 0 Å². The molecule has 0 aliphatic carbocycles. The van der Waals surface area contributed by atoms with Gasteiger partial charge in [0, 0.05) is 33.1 Å². The van der Waals surface area contributed by atoms with Gasteiger partial charge in [-0.15, -0.1) is 0 Å². The fourth-order valence-corrected chi connectivity index (χ4v) is 3.89. The number of aromatic nitrogens is 1. The fraction of sp³-hybridized carbons (Fsp3) is 0.211. The molecule has 1 aliphatic rings. The second kappa shape index (κ2) is 6.28. The molecule has 4 nitrogen and oxygen atoms in total. The summed E-state index contributed by atoms with van der Waals surface area (Å²) in [7, 11) is 1.36. The number of H-pyrrole nitrogens is 1. The number of hydrogen-bond donors (Lipinski definition) is 2. The molecule has 2 aromatic carbocycles. The topological polar surface area (TPSA) is 54.1 Å². The second-order valence-electron chi connectivity index (χ2n) is 6.11. The summed E-state index contributed by atoms with van der Waals surface area (Å²) >= 11 is 3.40. The van der Waals surface area contributed by atoms with Gasteiger partial charge in [-0.25, -0.2) is 4.39 Å². The molecule has 128 valence electrons. The normalized spacial score (nSPS) is 19.6. The zero-order valence-corrected chi connectivity index (χ0v) is 15.1. The Morgan fingerprint density at radius 2 is 2.08 bits per heavy atom. The number of ether oxygens (including phenoxy) is 1. The lowest BCUT2D eigenvalue weighted by atomic mass is 9.90. The quantitative estimate of drug-likeness (QED) is 0.640. The van der Waals surface area contributed by atoms with Crippen LogP contribution in [0.4, 0.5) is 4.39 Å². The first-order valence-electron chi connectivity index (χ1n) is 7.97. The van der Waals surface area contributed by atoms with Crippen molar-refractivity contribution in [2.75, 3.05) is 7.11 Å². The number of halogens is 2. The summed E-state index contributed by atoms with van der Waals surface area (Å²) in [4.78, 5) is 15.6. The lowest BCUT2D eigenvalue weighted by Crippen LogP contribution is -2.45. The molecule has 4 rings (SSSR count). The van der Waals surface area contributed by atoms with E-state index in [1.807, 2.05) is 24.3 Å². The van der Waals surface area contributed by atoms with Gasteiger partial charge in [0.1, 0.15) is 11.9 Å². The van der Waals surface area contributed by atoms with E-state index in [1.54, 1.807) is 12.1 Å². The van der Waals surface area contributed by atoms with Gasteiger partial charge in [0.25, 0.3) is 0 Å². The predicted molar refractivity (Wildman–Crippen MR) is 96.9 cm³/mol. The SMILES string of the molecule is COC(=O)C1Cc2c([nH]c3ccccc23)C(c2cc(Br)ccc2F)N1. The van der Waals surface area contributed by atoms with Crippen LogP contribution in [0.5, 0.6) is 0 Å². The van der Waals surface area contributed by atoms with Crippen molar-refractivity contribution in [2.45, 2.75) is 18.5 Å². The molecule has 1 aromatic heterocycles. The highest BCUT2D eigenvalue weighted by Gasteiger charge is 2.35. The molecule has 2 heterocycles. The van der Waals surface area contributed by atoms with Crippen molar-refractivity contribution in [3.05, 3.63) is 69.6 Å². The van der Waals surface area contributed by atoms with Gasteiger partial charge < -0.3 is 9.72 Å². The lowest BCUT2D eigenvalue weighted by Gasteiger charge is -2.30. The van der Waals surface area contributed by atoms with Gasteiger partial charge in [-0.05, 0) is 29.8 Å². The number of methoxy groups -OCH3 is 1. The number of carbonyl (C=O) groups is 1. The molecule has 3 aromatic rings. The first-order chi connectivity index (χ1) is 12.1. The van der Waals surface area contributed by atoms with E-state index in [0.717, 1.165) is 26.6 Å².